The van der Waals surface area contributed by atoms with Gasteiger partial charge < -0.3 is 20.2 Å². The molecule has 2 N–H and O–H groups in total. The van der Waals surface area contributed by atoms with Crippen LogP contribution in [0.4, 0.5) is 8.78 Å². The number of hydrogen-bond acceptors (Lipinski definition) is 7. The first kappa shape index (κ1) is 23.7. The first-order chi connectivity index (χ1) is 18.4. The number of ether oxygens (including phenoxy) is 1. The Balaban J connectivity index is 1.39. The van der Waals surface area contributed by atoms with E-state index in [1.807, 2.05) is 24.3 Å². The molecule has 3 aromatic rings. The molecule has 4 aliphatic rings. The smallest absolute Gasteiger partial charge is 0.278 e. The Bertz CT molecular complexity index is 1560. The summed E-state index contributed by atoms with van der Waals surface area (Å²) in [5.41, 5.74) is 4.59. The maximum atomic E-state index is 15.1. The second kappa shape index (κ2) is 8.82. The van der Waals surface area contributed by atoms with Crippen molar-refractivity contribution < 1.29 is 23.4 Å². The van der Waals surface area contributed by atoms with E-state index in [1.54, 1.807) is 4.90 Å². The highest BCUT2D eigenvalue weighted by Crippen LogP contribution is 2.40. The topological polar surface area (TPSA) is 87.0 Å². The quantitative estimate of drug-likeness (QED) is 0.519. The average molecular weight is 539 g/mol. The van der Waals surface area contributed by atoms with E-state index in [0.29, 0.717) is 50.4 Å². The van der Waals surface area contributed by atoms with Gasteiger partial charge in [-0.3, -0.25) is 14.5 Å². The predicted molar refractivity (Wildman–Crippen MR) is 137 cm³/mol. The summed E-state index contributed by atoms with van der Waals surface area (Å²) >= 11 is 1.43. The molecule has 196 valence electrons. The van der Waals surface area contributed by atoms with Crippen LogP contribution in [0.15, 0.2) is 46.1 Å². The van der Waals surface area contributed by atoms with Crippen molar-refractivity contribution in [2.75, 3.05) is 38.3 Å². The third-order valence-electron chi connectivity index (χ3n) is 7.90. The van der Waals surface area contributed by atoms with E-state index in [0.717, 1.165) is 16.5 Å². The van der Waals surface area contributed by atoms with Crippen molar-refractivity contribution >= 4 is 17.7 Å². The second-order valence-electron chi connectivity index (χ2n) is 10.0. The maximum Gasteiger partial charge on any atom is 0.278 e. The molecule has 1 aromatic heterocycles. The maximum absolute atomic E-state index is 15.1. The van der Waals surface area contributed by atoms with Crippen LogP contribution in [0.25, 0.3) is 11.3 Å². The van der Waals surface area contributed by atoms with Gasteiger partial charge in [0.2, 0.25) is 5.43 Å². The van der Waals surface area contributed by atoms with Crippen LogP contribution >= 0.6 is 11.8 Å². The zero-order chi connectivity index (χ0) is 26.1. The van der Waals surface area contributed by atoms with Crippen LogP contribution in [0.2, 0.25) is 0 Å². The third kappa shape index (κ3) is 3.56. The Morgan fingerprint density at radius 2 is 1.89 bits per heavy atom. The van der Waals surface area contributed by atoms with Crippen molar-refractivity contribution in [2.45, 2.75) is 29.3 Å². The number of hydrogen-bond donors (Lipinski definition) is 2. The Labute approximate surface area is 220 Å². The van der Waals surface area contributed by atoms with Crippen LogP contribution in [0.1, 0.15) is 27.2 Å². The summed E-state index contributed by atoms with van der Waals surface area (Å²) in [5.74, 6) is -2.87. The van der Waals surface area contributed by atoms with Crippen LogP contribution in [0, 0.1) is 11.6 Å². The van der Waals surface area contributed by atoms with E-state index in [4.69, 9.17) is 4.74 Å². The van der Waals surface area contributed by atoms with Gasteiger partial charge >= 0.3 is 0 Å². The fourth-order valence-electron chi connectivity index (χ4n) is 5.77. The number of piperazine rings is 1. The fraction of sp³-hybridized carbons (Fsp3) is 0.333. The van der Waals surface area contributed by atoms with E-state index in [2.05, 4.69) is 10.3 Å². The van der Waals surface area contributed by atoms with Gasteiger partial charge in [0.15, 0.2) is 23.1 Å². The first-order valence-electron chi connectivity index (χ1n) is 12.5. The molecule has 0 radical (unpaired) electrons. The summed E-state index contributed by atoms with van der Waals surface area (Å²) in [6.07, 6.45) is -0.112. The highest BCUT2D eigenvalue weighted by Gasteiger charge is 2.42. The first-order valence-corrected chi connectivity index (χ1v) is 13.5. The second-order valence-corrected chi connectivity index (χ2v) is 11.0. The van der Waals surface area contributed by atoms with Gasteiger partial charge in [-0.2, -0.15) is 0 Å². The highest BCUT2D eigenvalue weighted by atomic mass is 32.2. The summed E-state index contributed by atoms with van der Waals surface area (Å²) in [7, 11) is 0. The molecule has 38 heavy (non-hydrogen) atoms. The van der Waals surface area contributed by atoms with Crippen LogP contribution < -0.4 is 10.9 Å². The van der Waals surface area contributed by atoms with Gasteiger partial charge in [-0.15, -0.1) is 11.8 Å². The number of aromatic nitrogens is 1. The van der Waals surface area contributed by atoms with Crippen molar-refractivity contribution in [1.29, 1.82) is 0 Å². The monoisotopic (exact) mass is 538 g/mol. The molecule has 0 bridgehead atoms. The lowest BCUT2D eigenvalue weighted by molar-refractivity contribution is -0.0822. The molecule has 0 saturated carbocycles. The minimum absolute atomic E-state index is 0.203. The number of nitrogens with zero attached hydrogens (tertiary/aromatic N) is 3. The number of pyridine rings is 1. The number of nitrogens with one attached hydrogen (secondary N) is 1. The SMILES string of the molecule is O=C1c2c(O)c(=O)cc(-c3cc(F)c(F)c4c3Cc3ccccc3SC4)n2N[C@@H]2CN(C3COC3)CCN12. The van der Waals surface area contributed by atoms with Crippen LogP contribution in [-0.4, -0.2) is 70.5 Å². The molecule has 8 nitrogen and oxygen atoms in total. The molecular weight excluding hydrogens is 514 g/mol. The predicted octanol–water partition coefficient (Wildman–Crippen LogP) is 2.74. The Morgan fingerprint density at radius 1 is 1.08 bits per heavy atom. The molecule has 2 fully saturated rings. The Kier molecular flexibility index (Phi) is 5.50. The molecule has 11 heteroatoms. The van der Waals surface area contributed by atoms with Gasteiger partial charge in [-0.1, -0.05) is 18.2 Å². The molecule has 1 amide bonds. The highest BCUT2D eigenvalue weighted by molar-refractivity contribution is 7.98. The number of carbonyl (C=O) groups is 1. The van der Waals surface area contributed by atoms with Crippen LogP contribution in [-0.2, 0) is 16.9 Å². The van der Waals surface area contributed by atoms with Crippen molar-refractivity contribution in [3.8, 4) is 17.0 Å². The Hall–Kier alpha value is -3.41. The molecule has 5 heterocycles. The lowest BCUT2D eigenvalue weighted by Crippen LogP contribution is -2.66. The van der Waals surface area contributed by atoms with Crippen molar-refractivity contribution in [3.05, 3.63) is 80.6 Å². The summed E-state index contributed by atoms with van der Waals surface area (Å²) < 4.78 is 36.9. The number of fused-ring (bicyclic) bond motifs is 4. The number of carbonyl (C=O) groups excluding carboxylic acids is 1. The van der Waals surface area contributed by atoms with Crippen molar-refractivity contribution in [2.24, 2.45) is 0 Å². The molecule has 1 atom stereocenters. The lowest BCUT2D eigenvalue weighted by Gasteiger charge is -2.49. The summed E-state index contributed by atoms with van der Waals surface area (Å²) in [6, 6.07) is 10.2. The minimum atomic E-state index is -1.03. The van der Waals surface area contributed by atoms with Gasteiger partial charge in [0.1, 0.15) is 6.17 Å². The average Bonchev–Trinajstić information content (AvgIpc) is 3.07. The lowest BCUT2D eigenvalue weighted by atomic mass is 9.92. The van der Waals surface area contributed by atoms with Crippen molar-refractivity contribution in [1.82, 2.24) is 14.5 Å². The zero-order valence-electron chi connectivity index (χ0n) is 20.2. The van der Waals surface area contributed by atoms with Gasteiger partial charge in [-0.05, 0) is 29.7 Å². The molecular formula is C27H24F2N4O4S. The molecule has 4 aliphatic heterocycles. The van der Waals surface area contributed by atoms with E-state index in [9.17, 15) is 14.7 Å². The standard InChI is InChI=1S/C27H24F2N4O4S/c28-19-8-17(16-7-14-3-1-2-4-22(14)38-13-18(16)24(19)29)20-9-21(34)26(35)25-27(36)32-6-5-31(15-11-37-12-15)10-23(32)30-33(20)25/h1-4,8-9,15,23,30,35H,5-7,10-13H2/t23-/m0/s1. The Morgan fingerprint density at radius 3 is 2.68 bits per heavy atom. The van der Waals surface area contributed by atoms with Gasteiger partial charge in [0.05, 0.1) is 24.9 Å². The van der Waals surface area contributed by atoms with E-state index < -0.39 is 34.9 Å². The third-order valence-corrected chi connectivity index (χ3v) is 9.05. The summed E-state index contributed by atoms with van der Waals surface area (Å²) in [6.45, 7) is 2.86. The zero-order valence-corrected chi connectivity index (χ0v) is 21.1. The van der Waals surface area contributed by atoms with Crippen molar-refractivity contribution in [3.63, 3.8) is 0 Å². The summed E-state index contributed by atoms with van der Waals surface area (Å²) in [4.78, 5) is 31.3. The van der Waals surface area contributed by atoms with Crippen LogP contribution in [0.3, 0.4) is 0 Å². The minimum Gasteiger partial charge on any atom is -0.502 e. The van der Waals surface area contributed by atoms with Gasteiger partial charge in [0.25, 0.3) is 5.91 Å². The van der Waals surface area contributed by atoms with E-state index >= 15 is 8.78 Å². The molecule has 0 spiro atoms. The molecule has 0 unspecified atom stereocenters. The summed E-state index contributed by atoms with van der Waals surface area (Å²) in [5, 5.41) is 10.7. The number of amides is 1. The number of rotatable bonds is 2. The van der Waals surface area contributed by atoms with Crippen LogP contribution in [0.5, 0.6) is 5.75 Å². The van der Waals surface area contributed by atoms with E-state index in [-0.39, 0.29) is 28.7 Å². The number of thioether (sulfide) groups is 1. The number of benzene rings is 2. The molecule has 0 aliphatic carbocycles. The van der Waals surface area contributed by atoms with Gasteiger partial charge in [0, 0.05) is 47.5 Å². The largest absolute Gasteiger partial charge is 0.502 e. The number of halogens is 2. The molecule has 2 aromatic carbocycles. The molecule has 2 saturated heterocycles. The normalized spacial score (nSPS) is 20.9. The molecule has 7 rings (SSSR count). The van der Waals surface area contributed by atoms with Gasteiger partial charge in [-0.25, -0.2) is 13.5 Å². The van der Waals surface area contributed by atoms with E-state index in [1.165, 1.54) is 22.5 Å². The number of aromatic hydroxyl groups is 1. The fourth-order valence-corrected chi connectivity index (χ4v) is 6.87.